The highest BCUT2D eigenvalue weighted by Crippen LogP contribution is 2.17. The highest BCUT2D eigenvalue weighted by Gasteiger charge is 2.04. The first-order valence-corrected chi connectivity index (χ1v) is 4.89. The van der Waals surface area contributed by atoms with E-state index in [0.717, 1.165) is 22.9 Å². The third-order valence-corrected chi connectivity index (χ3v) is 2.26. The van der Waals surface area contributed by atoms with Gasteiger partial charge in [0, 0.05) is 12.4 Å². The van der Waals surface area contributed by atoms with Gasteiger partial charge in [0.25, 0.3) is 0 Å². The number of H-pyrrole nitrogens is 2. The lowest BCUT2D eigenvalue weighted by Crippen LogP contribution is -1.89. The minimum atomic E-state index is 0.765. The maximum Gasteiger partial charge on any atom is 0.155 e. The standard InChI is InChI=1S/C11H9N5/c1-2-8(10-6-12-7-15-10)16-9(3-1)11-13-4-5-14-11/h1-7H,(H,12,15)(H,13,14). The van der Waals surface area contributed by atoms with E-state index in [1.807, 2.05) is 18.2 Å². The zero-order valence-electron chi connectivity index (χ0n) is 8.38. The summed E-state index contributed by atoms with van der Waals surface area (Å²) in [6, 6.07) is 5.79. The van der Waals surface area contributed by atoms with Crippen LogP contribution in [-0.4, -0.2) is 24.9 Å². The normalized spacial score (nSPS) is 10.5. The highest BCUT2D eigenvalue weighted by molar-refractivity contribution is 5.58. The second kappa shape index (κ2) is 3.62. The molecular weight excluding hydrogens is 202 g/mol. The van der Waals surface area contributed by atoms with E-state index in [0.29, 0.717) is 0 Å². The molecule has 0 atom stereocenters. The molecule has 0 aliphatic carbocycles. The van der Waals surface area contributed by atoms with Crippen molar-refractivity contribution in [2.45, 2.75) is 0 Å². The molecule has 0 aliphatic rings. The summed E-state index contributed by atoms with van der Waals surface area (Å²) in [5, 5.41) is 0. The van der Waals surface area contributed by atoms with Crippen LogP contribution in [0.1, 0.15) is 0 Å². The summed E-state index contributed by atoms with van der Waals surface area (Å²) >= 11 is 0. The number of rotatable bonds is 2. The van der Waals surface area contributed by atoms with E-state index in [1.165, 1.54) is 0 Å². The van der Waals surface area contributed by atoms with Crippen LogP contribution in [0.2, 0.25) is 0 Å². The molecule has 16 heavy (non-hydrogen) atoms. The lowest BCUT2D eigenvalue weighted by atomic mass is 10.2. The Morgan fingerprint density at radius 2 is 2.00 bits per heavy atom. The number of imidazole rings is 2. The number of hydrogen-bond donors (Lipinski definition) is 2. The van der Waals surface area contributed by atoms with Gasteiger partial charge < -0.3 is 9.97 Å². The molecule has 0 saturated carbocycles. The average molecular weight is 211 g/mol. The van der Waals surface area contributed by atoms with Gasteiger partial charge in [-0.1, -0.05) is 6.07 Å². The molecule has 0 aliphatic heterocycles. The van der Waals surface area contributed by atoms with Gasteiger partial charge in [0.2, 0.25) is 0 Å². The second-order valence-corrected chi connectivity index (χ2v) is 3.31. The molecule has 0 fully saturated rings. The molecule has 0 saturated heterocycles. The zero-order chi connectivity index (χ0) is 10.8. The second-order valence-electron chi connectivity index (χ2n) is 3.31. The fourth-order valence-corrected chi connectivity index (χ4v) is 1.52. The van der Waals surface area contributed by atoms with E-state index in [2.05, 4.69) is 24.9 Å². The Morgan fingerprint density at radius 3 is 2.75 bits per heavy atom. The van der Waals surface area contributed by atoms with Gasteiger partial charge in [-0.2, -0.15) is 0 Å². The van der Waals surface area contributed by atoms with Crippen molar-refractivity contribution in [2.24, 2.45) is 0 Å². The van der Waals surface area contributed by atoms with Crippen LogP contribution in [0.25, 0.3) is 22.9 Å². The van der Waals surface area contributed by atoms with Gasteiger partial charge >= 0.3 is 0 Å². The summed E-state index contributed by atoms with van der Waals surface area (Å²) < 4.78 is 0. The van der Waals surface area contributed by atoms with E-state index in [1.54, 1.807) is 24.9 Å². The minimum absolute atomic E-state index is 0.765. The largest absolute Gasteiger partial charge is 0.343 e. The van der Waals surface area contributed by atoms with Crippen molar-refractivity contribution in [1.82, 2.24) is 24.9 Å². The third-order valence-electron chi connectivity index (χ3n) is 2.26. The molecule has 3 aromatic rings. The van der Waals surface area contributed by atoms with Crippen LogP contribution < -0.4 is 0 Å². The Hall–Kier alpha value is -2.43. The van der Waals surface area contributed by atoms with Crippen molar-refractivity contribution in [1.29, 1.82) is 0 Å². The molecule has 0 bridgehead atoms. The van der Waals surface area contributed by atoms with Crippen molar-refractivity contribution >= 4 is 0 Å². The number of nitrogens with zero attached hydrogens (tertiary/aromatic N) is 3. The van der Waals surface area contributed by atoms with Crippen LogP contribution >= 0.6 is 0 Å². The molecule has 0 spiro atoms. The van der Waals surface area contributed by atoms with Gasteiger partial charge in [0.05, 0.1) is 23.9 Å². The van der Waals surface area contributed by atoms with Gasteiger partial charge in [-0.25, -0.2) is 15.0 Å². The van der Waals surface area contributed by atoms with E-state index < -0.39 is 0 Å². The Bertz CT molecular complexity index is 519. The van der Waals surface area contributed by atoms with Gasteiger partial charge in [-0.15, -0.1) is 0 Å². The molecule has 0 amide bonds. The Labute approximate surface area is 91.6 Å². The monoisotopic (exact) mass is 211 g/mol. The van der Waals surface area contributed by atoms with Crippen LogP contribution in [0.15, 0.2) is 43.1 Å². The van der Waals surface area contributed by atoms with Crippen LogP contribution in [0.4, 0.5) is 0 Å². The van der Waals surface area contributed by atoms with Crippen molar-refractivity contribution in [3.05, 3.63) is 43.1 Å². The van der Waals surface area contributed by atoms with Crippen LogP contribution in [0.5, 0.6) is 0 Å². The summed E-state index contributed by atoms with van der Waals surface area (Å²) in [6.45, 7) is 0. The fourth-order valence-electron chi connectivity index (χ4n) is 1.52. The smallest absolute Gasteiger partial charge is 0.155 e. The van der Waals surface area contributed by atoms with Crippen LogP contribution in [0, 0.1) is 0 Å². The third kappa shape index (κ3) is 1.48. The molecule has 0 aromatic carbocycles. The molecule has 78 valence electrons. The quantitative estimate of drug-likeness (QED) is 0.679. The lowest BCUT2D eigenvalue weighted by molar-refractivity contribution is 1.21. The van der Waals surface area contributed by atoms with Crippen molar-refractivity contribution in [2.75, 3.05) is 0 Å². The molecule has 3 heterocycles. The predicted molar refractivity (Wildman–Crippen MR) is 59.4 cm³/mol. The Balaban J connectivity index is 2.07. The first kappa shape index (κ1) is 8.84. The van der Waals surface area contributed by atoms with E-state index in [-0.39, 0.29) is 0 Å². The van der Waals surface area contributed by atoms with Crippen LogP contribution in [-0.2, 0) is 0 Å². The number of hydrogen-bond acceptors (Lipinski definition) is 3. The zero-order valence-corrected chi connectivity index (χ0v) is 8.38. The summed E-state index contributed by atoms with van der Waals surface area (Å²) in [5.41, 5.74) is 2.57. The van der Waals surface area contributed by atoms with E-state index in [4.69, 9.17) is 0 Å². The van der Waals surface area contributed by atoms with E-state index in [9.17, 15) is 0 Å². The molecule has 3 aromatic heterocycles. The minimum Gasteiger partial charge on any atom is -0.343 e. The summed E-state index contributed by atoms with van der Waals surface area (Å²) in [4.78, 5) is 18.7. The number of pyridine rings is 1. The number of aromatic nitrogens is 5. The summed E-state index contributed by atoms with van der Waals surface area (Å²) in [6.07, 6.45) is 6.87. The number of nitrogens with one attached hydrogen (secondary N) is 2. The van der Waals surface area contributed by atoms with E-state index >= 15 is 0 Å². The van der Waals surface area contributed by atoms with Crippen molar-refractivity contribution < 1.29 is 0 Å². The highest BCUT2D eigenvalue weighted by atomic mass is 14.9. The van der Waals surface area contributed by atoms with Gasteiger partial charge in [0.15, 0.2) is 5.82 Å². The number of aromatic amines is 2. The van der Waals surface area contributed by atoms with Gasteiger partial charge in [-0.05, 0) is 12.1 Å². The molecule has 0 unspecified atom stereocenters. The van der Waals surface area contributed by atoms with Crippen LogP contribution in [0.3, 0.4) is 0 Å². The molecule has 3 rings (SSSR count). The van der Waals surface area contributed by atoms with Gasteiger partial charge in [-0.3, -0.25) is 0 Å². The van der Waals surface area contributed by atoms with Crippen molar-refractivity contribution in [3.8, 4) is 22.9 Å². The maximum atomic E-state index is 4.49. The first-order valence-electron chi connectivity index (χ1n) is 4.89. The molecule has 0 radical (unpaired) electrons. The molecular formula is C11H9N5. The lowest BCUT2D eigenvalue weighted by Gasteiger charge is -1.99. The molecule has 5 heteroatoms. The molecule has 5 nitrogen and oxygen atoms in total. The topological polar surface area (TPSA) is 70.2 Å². The summed E-state index contributed by atoms with van der Waals surface area (Å²) in [7, 11) is 0. The Morgan fingerprint density at radius 1 is 1.06 bits per heavy atom. The summed E-state index contributed by atoms with van der Waals surface area (Å²) in [5.74, 6) is 0.765. The van der Waals surface area contributed by atoms with Gasteiger partial charge in [0.1, 0.15) is 5.69 Å². The Kier molecular flexibility index (Phi) is 2.00. The average Bonchev–Trinajstić information content (AvgIpc) is 3.03. The van der Waals surface area contributed by atoms with Crippen molar-refractivity contribution in [3.63, 3.8) is 0 Å². The maximum absolute atomic E-state index is 4.49. The predicted octanol–water partition coefficient (Wildman–Crippen LogP) is 1.86. The SMILES string of the molecule is c1cc(-c2cnc[nH]2)nc(-c2ncc[nH]2)c1. The fraction of sp³-hybridized carbons (Fsp3) is 0. The first-order chi connectivity index (χ1) is 7.93. The molecule has 2 N–H and O–H groups in total.